The van der Waals surface area contributed by atoms with Gasteiger partial charge in [-0.1, -0.05) is 6.07 Å². The SMILES string of the molecule is COc1ccc(Cc2nnc(NN)[nH]c2=O)c(OC)c1. The standard InChI is InChI=1S/C12H15N5O3/c1-19-8-4-3-7(10(6-8)20-2)5-9-11(18)14-12(15-13)17-16-9/h3-4,6H,5,13H2,1-2H3,(H2,14,15,17,18). The highest BCUT2D eigenvalue weighted by Gasteiger charge is 2.10. The summed E-state index contributed by atoms with van der Waals surface area (Å²) in [4.78, 5) is 14.3. The first-order valence-corrected chi connectivity index (χ1v) is 5.81. The maximum absolute atomic E-state index is 11.8. The van der Waals surface area contributed by atoms with E-state index in [2.05, 4.69) is 20.6 Å². The quantitative estimate of drug-likeness (QED) is 0.522. The predicted octanol–water partition coefficient (Wildman–Crippen LogP) is 0.0585. The zero-order valence-corrected chi connectivity index (χ0v) is 11.1. The smallest absolute Gasteiger partial charge is 0.274 e. The molecule has 1 heterocycles. The molecular weight excluding hydrogens is 262 g/mol. The topological polar surface area (TPSA) is 115 Å². The zero-order chi connectivity index (χ0) is 14.5. The monoisotopic (exact) mass is 277 g/mol. The molecule has 0 bridgehead atoms. The highest BCUT2D eigenvalue weighted by molar-refractivity contribution is 5.42. The van der Waals surface area contributed by atoms with E-state index in [-0.39, 0.29) is 17.2 Å². The van der Waals surface area contributed by atoms with Crippen molar-refractivity contribution in [2.24, 2.45) is 5.84 Å². The van der Waals surface area contributed by atoms with Crippen LogP contribution in [0.5, 0.6) is 11.5 Å². The predicted molar refractivity (Wildman–Crippen MR) is 72.8 cm³/mol. The van der Waals surface area contributed by atoms with Crippen LogP contribution in [0.15, 0.2) is 23.0 Å². The maximum Gasteiger partial charge on any atom is 0.274 e. The summed E-state index contributed by atoms with van der Waals surface area (Å²) in [5.41, 5.74) is 2.95. The van der Waals surface area contributed by atoms with Crippen molar-refractivity contribution in [2.45, 2.75) is 6.42 Å². The van der Waals surface area contributed by atoms with Gasteiger partial charge in [0, 0.05) is 18.1 Å². The third-order valence-electron chi connectivity index (χ3n) is 2.75. The summed E-state index contributed by atoms with van der Waals surface area (Å²) >= 11 is 0. The van der Waals surface area contributed by atoms with Crippen molar-refractivity contribution >= 4 is 5.95 Å². The van der Waals surface area contributed by atoms with Crippen molar-refractivity contribution in [3.05, 3.63) is 39.8 Å². The molecule has 0 saturated carbocycles. The minimum absolute atomic E-state index is 0.112. The summed E-state index contributed by atoms with van der Waals surface area (Å²) in [5.74, 6) is 6.55. The lowest BCUT2D eigenvalue weighted by Gasteiger charge is -2.09. The molecular formula is C12H15N5O3. The fraction of sp³-hybridized carbons (Fsp3) is 0.250. The van der Waals surface area contributed by atoms with E-state index < -0.39 is 0 Å². The van der Waals surface area contributed by atoms with Crippen LogP contribution in [0.4, 0.5) is 5.95 Å². The maximum atomic E-state index is 11.8. The van der Waals surface area contributed by atoms with E-state index in [1.807, 2.05) is 6.07 Å². The molecule has 1 aromatic heterocycles. The number of nitrogens with zero attached hydrogens (tertiary/aromatic N) is 2. The van der Waals surface area contributed by atoms with E-state index >= 15 is 0 Å². The third kappa shape index (κ3) is 2.86. The van der Waals surface area contributed by atoms with Crippen LogP contribution in [0.3, 0.4) is 0 Å². The number of aromatic amines is 1. The molecule has 20 heavy (non-hydrogen) atoms. The van der Waals surface area contributed by atoms with E-state index in [0.29, 0.717) is 17.9 Å². The molecule has 0 unspecified atom stereocenters. The number of methoxy groups -OCH3 is 2. The molecule has 0 amide bonds. The average molecular weight is 277 g/mol. The Morgan fingerprint density at radius 3 is 2.70 bits per heavy atom. The summed E-state index contributed by atoms with van der Waals surface area (Å²) in [6.45, 7) is 0. The molecule has 8 nitrogen and oxygen atoms in total. The Balaban J connectivity index is 2.32. The molecule has 0 fully saturated rings. The first kappa shape index (κ1) is 13.8. The van der Waals surface area contributed by atoms with Gasteiger partial charge < -0.3 is 9.47 Å². The van der Waals surface area contributed by atoms with Gasteiger partial charge in [0.05, 0.1) is 14.2 Å². The van der Waals surface area contributed by atoms with E-state index in [4.69, 9.17) is 15.3 Å². The molecule has 0 saturated heterocycles. The minimum Gasteiger partial charge on any atom is -0.497 e. The van der Waals surface area contributed by atoms with Crippen molar-refractivity contribution in [2.75, 3.05) is 19.6 Å². The number of ether oxygens (including phenoxy) is 2. The summed E-state index contributed by atoms with van der Waals surface area (Å²) in [6.07, 6.45) is 0.292. The van der Waals surface area contributed by atoms with Gasteiger partial charge in [-0.2, -0.15) is 0 Å². The Morgan fingerprint density at radius 1 is 1.30 bits per heavy atom. The summed E-state index contributed by atoms with van der Waals surface area (Å²) < 4.78 is 10.4. The summed E-state index contributed by atoms with van der Waals surface area (Å²) in [6, 6.07) is 5.34. The Hall–Kier alpha value is -2.61. The number of hydrogen-bond donors (Lipinski definition) is 3. The number of hydrogen-bond acceptors (Lipinski definition) is 7. The number of nitrogen functional groups attached to an aromatic ring is 1. The van der Waals surface area contributed by atoms with E-state index in [1.54, 1.807) is 26.4 Å². The van der Waals surface area contributed by atoms with Crippen molar-refractivity contribution in [1.82, 2.24) is 15.2 Å². The van der Waals surface area contributed by atoms with Gasteiger partial charge >= 0.3 is 0 Å². The second-order valence-electron chi connectivity index (χ2n) is 3.95. The first-order chi connectivity index (χ1) is 9.67. The summed E-state index contributed by atoms with van der Waals surface area (Å²) in [7, 11) is 3.12. The Bertz CT molecular complexity index is 656. The van der Waals surface area contributed by atoms with Gasteiger partial charge in [0.25, 0.3) is 5.56 Å². The molecule has 0 spiro atoms. The lowest BCUT2D eigenvalue weighted by atomic mass is 10.1. The van der Waals surface area contributed by atoms with Crippen molar-refractivity contribution in [3.8, 4) is 11.5 Å². The van der Waals surface area contributed by atoms with Gasteiger partial charge in [0.2, 0.25) is 5.95 Å². The number of nitrogens with one attached hydrogen (secondary N) is 2. The van der Waals surface area contributed by atoms with Gasteiger partial charge in [-0.25, -0.2) is 5.84 Å². The molecule has 2 aromatic rings. The molecule has 4 N–H and O–H groups in total. The molecule has 0 radical (unpaired) electrons. The van der Waals surface area contributed by atoms with Gasteiger partial charge in [-0.3, -0.25) is 15.2 Å². The lowest BCUT2D eigenvalue weighted by molar-refractivity contribution is 0.391. The fourth-order valence-electron chi connectivity index (χ4n) is 1.72. The van der Waals surface area contributed by atoms with Crippen molar-refractivity contribution < 1.29 is 9.47 Å². The normalized spacial score (nSPS) is 10.2. The first-order valence-electron chi connectivity index (χ1n) is 5.81. The van der Waals surface area contributed by atoms with Crippen LogP contribution in [0, 0.1) is 0 Å². The Kier molecular flexibility index (Phi) is 4.16. The number of benzene rings is 1. The van der Waals surface area contributed by atoms with Crippen LogP contribution in [-0.2, 0) is 6.42 Å². The third-order valence-corrected chi connectivity index (χ3v) is 2.75. The molecule has 106 valence electrons. The highest BCUT2D eigenvalue weighted by atomic mass is 16.5. The van der Waals surface area contributed by atoms with E-state index in [9.17, 15) is 4.79 Å². The fourth-order valence-corrected chi connectivity index (χ4v) is 1.72. The Labute approximate surface area is 114 Å². The second-order valence-corrected chi connectivity index (χ2v) is 3.95. The number of H-pyrrole nitrogens is 1. The minimum atomic E-state index is -0.356. The number of hydrazine groups is 1. The molecule has 2 rings (SSSR count). The van der Waals surface area contributed by atoms with Gasteiger partial charge in [0.1, 0.15) is 17.2 Å². The molecule has 8 heteroatoms. The molecule has 0 aliphatic heterocycles. The number of anilines is 1. The zero-order valence-electron chi connectivity index (χ0n) is 11.1. The lowest BCUT2D eigenvalue weighted by Crippen LogP contribution is -2.22. The highest BCUT2D eigenvalue weighted by Crippen LogP contribution is 2.25. The second kappa shape index (κ2) is 6.02. The number of nitrogens with two attached hydrogens (primary N) is 1. The molecule has 0 aliphatic carbocycles. The molecule has 0 atom stereocenters. The van der Waals surface area contributed by atoms with E-state index in [1.165, 1.54) is 0 Å². The number of rotatable bonds is 5. The van der Waals surface area contributed by atoms with Crippen molar-refractivity contribution in [1.29, 1.82) is 0 Å². The van der Waals surface area contributed by atoms with Crippen LogP contribution in [0.1, 0.15) is 11.3 Å². The Morgan fingerprint density at radius 2 is 2.10 bits per heavy atom. The van der Waals surface area contributed by atoms with Crippen LogP contribution in [-0.4, -0.2) is 29.4 Å². The van der Waals surface area contributed by atoms with Gasteiger partial charge in [-0.05, 0) is 6.07 Å². The van der Waals surface area contributed by atoms with Crippen LogP contribution >= 0.6 is 0 Å². The largest absolute Gasteiger partial charge is 0.497 e. The molecule has 1 aromatic carbocycles. The van der Waals surface area contributed by atoms with Gasteiger partial charge in [0.15, 0.2) is 0 Å². The van der Waals surface area contributed by atoms with Crippen LogP contribution in [0.25, 0.3) is 0 Å². The molecule has 0 aliphatic rings. The van der Waals surface area contributed by atoms with Crippen LogP contribution in [0.2, 0.25) is 0 Å². The van der Waals surface area contributed by atoms with Crippen molar-refractivity contribution in [3.63, 3.8) is 0 Å². The summed E-state index contributed by atoms with van der Waals surface area (Å²) in [5, 5.41) is 7.58. The van der Waals surface area contributed by atoms with Gasteiger partial charge in [-0.15, -0.1) is 10.2 Å². The van der Waals surface area contributed by atoms with E-state index in [0.717, 1.165) is 5.56 Å². The van der Waals surface area contributed by atoms with Crippen LogP contribution < -0.4 is 26.3 Å². The number of aromatic nitrogens is 3. The average Bonchev–Trinajstić information content (AvgIpc) is 2.49.